The van der Waals surface area contributed by atoms with Gasteiger partial charge in [0.15, 0.2) is 0 Å². The summed E-state index contributed by atoms with van der Waals surface area (Å²) in [6, 6.07) is 14.5. The number of halogens is 1. The maximum absolute atomic E-state index is 13.4. The lowest BCUT2D eigenvalue weighted by molar-refractivity contribution is 0.100. The van der Waals surface area contributed by atoms with Crippen LogP contribution in [0.3, 0.4) is 0 Å². The van der Waals surface area contributed by atoms with Crippen molar-refractivity contribution in [3.8, 4) is 0 Å². The first-order valence-corrected chi connectivity index (χ1v) is 12.5. The molecule has 1 saturated carbocycles. The summed E-state index contributed by atoms with van der Waals surface area (Å²) < 4.78 is 0.898. The van der Waals surface area contributed by atoms with Gasteiger partial charge in [-0.2, -0.15) is 4.99 Å². The van der Waals surface area contributed by atoms with E-state index in [1.54, 1.807) is 12.1 Å². The van der Waals surface area contributed by atoms with Crippen LogP contribution < -0.4 is 11.1 Å². The highest BCUT2D eigenvalue weighted by molar-refractivity contribution is 9.10. The summed E-state index contributed by atoms with van der Waals surface area (Å²) in [6.45, 7) is 7.28. The molecule has 0 aliphatic heterocycles. The lowest BCUT2D eigenvalue weighted by Crippen LogP contribution is -2.45. The number of carbonyl (C=O) groups is 2. The minimum absolute atomic E-state index is 0.130. The van der Waals surface area contributed by atoms with E-state index in [0.29, 0.717) is 18.0 Å². The van der Waals surface area contributed by atoms with Crippen molar-refractivity contribution in [2.24, 2.45) is 27.2 Å². The van der Waals surface area contributed by atoms with Gasteiger partial charge in [-0.05, 0) is 72.9 Å². The molecule has 0 unspecified atom stereocenters. The minimum atomic E-state index is -0.560. The number of nitrogens with one attached hydrogen (secondary N) is 2. The molecule has 3 amide bonds. The van der Waals surface area contributed by atoms with Crippen molar-refractivity contribution in [1.29, 1.82) is 5.53 Å². The Kier molecular flexibility index (Phi) is 8.77. The van der Waals surface area contributed by atoms with Crippen LogP contribution in [0.2, 0.25) is 0 Å². The number of rotatable bonds is 5. The molecule has 0 atom stereocenters. The van der Waals surface area contributed by atoms with E-state index in [2.05, 4.69) is 52.1 Å². The fourth-order valence-corrected chi connectivity index (χ4v) is 4.92. The number of aliphatic imine (C=N–C) groups is 1. The van der Waals surface area contributed by atoms with Gasteiger partial charge in [-0.3, -0.25) is 4.79 Å². The van der Waals surface area contributed by atoms with Crippen LogP contribution in [-0.4, -0.2) is 28.8 Å². The average Bonchev–Trinajstić information content (AvgIpc) is 2.82. The molecule has 0 bridgehead atoms. The third kappa shape index (κ3) is 7.45. The van der Waals surface area contributed by atoms with Crippen molar-refractivity contribution in [2.75, 3.05) is 5.32 Å². The molecule has 0 spiro atoms. The molecule has 4 N–H and O–H groups in total. The maximum Gasteiger partial charge on any atom is 0.322 e. The highest BCUT2D eigenvalue weighted by Crippen LogP contribution is 2.39. The second-order valence-corrected chi connectivity index (χ2v) is 10.9. The Morgan fingerprint density at radius 2 is 1.77 bits per heavy atom. The molecule has 1 aliphatic carbocycles. The predicted octanol–water partition coefficient (Wildman–Crippen LogP) is 6.57. The van der Waals surface area contributed by atoms with Gasteiger partial charge in [0.25, 0.3) is 5.91 Å². The average molecular weight is 541 g/mol. The summed E-state index contributed by atoms with van der Waals surface area (Å²) in [5.41, 5.74) is 14.4. The fraction of sp³-hybridized carbons (Fsp3) is 0.423. The van der Waals surface area contributed by atoms with Gasteiger partial charge in [0.05, 0.1) is 0 Å². The standard InChI is InChI=1S/C26H33BrN6O2/c1-26(2,3)19-11-13-22(14-12-19)33(25(35)30-21-6-4-5-20(27)15-21)16-17-7-9-18(10-8-17)23(34)31-24(28)32-29/h4-10,15,19,22,29H,11-14,16H2,1-3H3,(H,30,35)(H2,28,31,34). The number of hydrogen-bond acceptors (Lipinski definition) is 3. The number of carbonyl (C=O) groups excluding carboxylic acids is 2. The summed E-state index contributed by atoms with van der Waals surface area (Å²) in [6.07, 6.45) is 4.08. The zero-order valence-electron chi connectivity index (χ0n) is 20.4. The molecule has 35 heavy (non-hydrogen) atoms. The van der Waals surface area contributed by atoms with E-state index in [1.807, 2.05) is 41.3 Å². The van der Waals surface area contributed by atoms with E-state index in [9.17, 15) is 9.59 Å². The molecule has 1 aliphatic rings. The van der Waals surface area contributed by atoms with Crippen LogP contribution in [0, 0.1) is 16.9 Å². The first kappa shape index (κ1) is 26.5. The predicted molar refractivity (Wildman–Crippen MR) is 141 cm³/mol. The lowest BCUT2D eigenvalue weighted by atomic mass is 9.71. The number of hydrogen-bond donors (Lipinski definition) is 3. The summed E-state index contributed by atoms with van der Waals surface area (Å²) in [5.74, 6) is -0.308. The van der Waals surface area contributed by atoms with Crippen LogP contribution >= 0.6 is 15.9 Å². The van der Waals surface area contributed by atoms with Crippen molar-refractivity contribution in [1.82, 2.24) is 4.90 Å². The quantitative estimate of drug-likeness (QED) is 0.225. The van der Waals surface area contributed by atoms with Gasteiger partial charge >= 0.3 is 6.03 Å². The molecule has 8 nitrogen and oxygen atoms in total. The molecule has 3 rings (SSSR count). The van der Waals surface area contributed by atoms with Crippen LogP contribution in [0.4, 0.5) is 10.5 Å². The monoisotopic (exact) mass is 540 g/mol. The van der Waals surface area contributed by atoms with Gasteiger partial charge in [0.2, 0.25) is 5.96 Å². The van der Waals surface area contributed by atoms with Crippen LogP contribution in [0.25, 0.3) is 0 Å². The molecule has 1 fully saturated rings. The fourth-order valence-electron chi connectivity index (χ4n) is 4.52. The van der Waals surface area contributed by atoms with E-state index >= 15 is 0 Å². The van der Waals surface area contributed by atoms with Gasteiger partial charge in [-0.15, -0.1) is 5.11 Å². The van der Waals surface area contributed by atoms with Gasteiger partial charge in [0.1, 0.15) is 0 Å². The van der Waals surface area contributed by atoms with Gasteiger partial charge in [-0.25, -0.2) is 10.3 Å². The zero-order valence-corrected chi connectivity index (χ0v) is 22.0. The Hall–Kier alpha value is -3.07. The van der Waals surface area contributed by atoms with Crippen molar-refractivity contribution in [2.45, 2.75) is 59.0 Å². The molecule has 2 aromatic carbocycles. The Bertz CT molecular complexity index is 1090. The molecule has 0 radical (unpaired) electrons. The number of guanidine groups is 1. The summed E-state index contributed by atoms with van der Waals surface area (Å²) in [7, 11) is 0. The van der Waals surface area contributed by atoms with Crippen molar-refractivity contribution < 1.29 is 9.59 Å². The van der Waals surface area contributed by atoms with E-state index in [0.717, 1.165) is 41.4 Å². The molecular weight excluding hydrogens is 508 g/mol. The second-order valence-electron chi connectivity index (χ2n) is 10.0. The van der Waals surface area contributed by atoms with Crippen LogP contribution in [-0.2, 0) is 6.54 Å². The molecule has 186 valence electrons. The summed E-state index contributed by atoms with van der Waals surface area (Å²) in [5, 5.41) is 5.99. The van der Waals surface area contributed by atoms with Crippen molar-refractivity contribution in [3.05, 3.63) is 64.1 Å². The Morgan fingerprint density at radius 3 is 2.34 bits per heavy atom. The molecular formula is C26H33BrN6O2. The first-order valence-electron chi connectivity index (χ1n) is 11.7. The smallest absolute Gasteiger partial charge is 0.322 e. The van der Waals surface area contributed by atoms with Crippen LogP contribution in [0.5, 0.6) is 0 Å². The Morgan fingerprint density at radius 1 is 1.11 bits per heavy atom. The summed E-state index contributed by atoms with van der Waals surface area (Å²) >= 11 is 3.46. The van der Waals surface area contributed by atoms with E-state index < -0.39 is 5.91 Å². The third-order valence-electron chi connectivity index (χ3n) is 6.58. The van der Waals surface area contributed by atoms with Crippen LogP contribution in [0.15, 0.2) is 63.1 Å². The van der Waals surface area contributed by atoms with Gasteiger partial charge < -0.3 is 16.0 Å². The normalized spacial score (nSPS) is 18.6. The lowest BCUT2D eigenvalue weighted by Gasteiger charge is -2.41. The highest BCUT2D eigenvalue weighted by Gasteiger charge is 2.33. The van der Waals surface area contributed by atoms with E-state index in [4.69, 9.17) is 11.3 Å². The van der Waals surface area contributed by atoms with Crippen molar-refractivity contribution in [3.63, 3.8) is 0 Å². The van der Waals surface area contributed by atoms with E-state index in [-0.39, 0.29) is 23.4 Å². The van der Waals surface area contributed by atoms with Crippen LogP contribution in [0.1, 0.15) is 62.4 Å². The Balaban J connectivity index is 1.78. The summed E-state index contributed by atoms with van der Waals surface area (Å²) in [4.78, 5) is 31.0. The SMILES string of the molecule is CC(C)(C)C1CCC(N(Cc2ccc(C(=O)N=C(N)N=N)cc2)C(=O)Nc2cccc(Br)c2)CC1. The molecule has 0 aromatic heterocycles. The van der Waals surface area contributed by atoms with Gasteiger partial charge in [-0.1, -0.05) is 54.9 Å². The number of urea groups is 1. The highest BCUT2D eigenvalue weighted by atomic mass is 79.9. The molecule has 9 heteroatoms. The Labute approximate surface area is 215 Å². The number of benzene rings is 2. The zero-order chi connectivity index (χ0) is 25.6. The largest absolute Gasteiger partial charge is 0.366 e. The van der Waals surface area contributed by atoms with E-state index in [1.165, 1.54) is 0 Å². The first-order chi connectivity index (χ1) is 16.6. The van der Waals surface area contributed by atoms with Gasteiger partial charge in [0, 0.05) is 28.3 Å². The number of nitrogens with zero attached hydrogens (tertiary/aromatic N) is 3. The topological polar surface area (TPSA) is 124 Å². The maximum atomic E-state index is 13.4. The second kappa shape index (κ2) is 11.6. The molecule has 2 aromatic rings. The number of amides is 3. The molecule has 0 saturated heterocycles. The number of nitrogens with two attached hydrogens (primary N) is 1. The molecule has 0 heterocycles. The number of anilines is 1. The third-order valence-corrected chi connectivity index (χ3v) is 7.08. The van der Waals surface area contributed by atoms with Crippen molar-refractivity contribution >= 4 is 39.5 Å². The minimum Gasteiger partial charge on any atom is -0.366 e.